The van der Waals surface area contributed by atoms with Gasteiger partial charge in [-0.3, -0.25) is 4.99 Å². The number of fused-ring (bicyclic) bond motifs is 1. The fourth-order valence-corrected chi connectivity index (χ4v) is 3.56. The molecular weight excluding hydrogens is 384 g/mol. The van der Waals surface area contributed by atoms with Crippen molar-refractivity contribution in [2.45, 2.75) is 13.2 Å². The predicted octanol–water partition coefficient (Wildman–Crippen LogP) is 4.83. The number of hydrogen-bond acceptors (Lipinski definition) is 7. The van der Waals surface area contributed by atoms with Gasteiger partial charge in [0.1, 0.15) is 5.82 Å². The molecule has 1 unspecified atom stereocenters. The zero-order chi connectivity index (χ0) is 19.4. The van der Waals surface area contributed by atoms with Crippen LogP contribution in [0, 0.1) is 0 Å². The Kier molecular flexibility index (Phi) is 6.18. The number of aliphatic hydroxyl groups excluding tert-OH is 1. The second-order valence-electron chi connectivity index (χ2n) is 5.60. The molecule has 0 spiro atoms. The number of hydrogen-bond donors (Lipinski definition) is 2. The summed E-state index contributed by atoms with van der Waals surface area (Å²) in [6, 6.07) is 7.32. The van der Waals surface area contributed by atoms with Crippen LogP contribution >= 0.6 is 22.9 Å². The van der Waals surface area contributed by atoms with Crippen LogP contribution < -0.4 is 5.32 Å². The van der Waals surface area contributed by atoms with Crippen molar-refractivity contribution in [3.8, 4) is 0 Å². The SMILES string of the molecule is C/C=C(\C=N/C)c1nc(Nc2ccsc2C(O)OC)c2cc(Cl)ccc2n1. The Hall–Kier alpha value is -2.32. The number of halogens is 1. The average molecular weight is 403 g/mol. The summed E-state index contributed by atoms with van der Waals surface area (Å²) in [5, 5.41) is 16.6. The van der Waals surface area contributed by atoms with Gasteiger partial charge in [0.25, 0.3) is 0 Å². The molecule has 0 radical (unpaired) electrons. The molecule has 6 nitrogen and oxygen atoms in total. The smallest absolute Gasteiger partial charge is 0.192 e. The fourth-order valence-electron chi connectivity index (χ4n) is 2.58. The van der Waals surface area contributed by atoms with Crippen LogP contribution in [0.5, 0.6) is 0 Å². The first-order valence-electron chi connectivity index (χ1n) is 8.18. The molecule has 0 saturated heterocycles. The summed E-state index contributed by atoms with van der Waals surface area (Å²) in [7, 11) is 3.15. The van der Waals surface area contributed by atoms with E-state index in [1.165, 1.54) is 18.4 Å². The molecule has 2 aromatic heterocycles. The predicted molar refractivity (Wildman–Crippen MR) is 112 cm³/mol. The third-order valence-corrected chi connectivity index (χ3v) is 5.07. The van der Waals surface area contributed by atoms with Crippen molar-refractivity contribution in [2.24, 2.45) is 4.99 Å². The molecule has 0 aliphatic heterocycles. The Morgan fingerprint density at radius 2 is 2.19 bits per heavy atom. The first-order valence-corrected chi connectivity index (χ1v) is 9.44. The lowest BCUT2D eigenvalue weighted by atomic mass is 10.2. The largest absolute Gasteiger partial charge is 0.364 e. The molecule has 0 bridgehead atoms. The number of aliphatic imine (C=N–C) groups is 1. The summed E-state index contributed by atoms with van der Waals surface area (Å²) in [6.07, 6.45) is 2.60. The Labute approximate surface area is 166 Å². The maximum atomic E-state index is 10.1. The minimum absolute atomic E-state index is 0.546. The highest BCUT2D eigenvalue weighted by atomic mass is 35.5. The standard InChI is InChI=1S/C19H19ClN4O2S/c1-4-11(10-21-2)17-22-14-6-5-12(20)9-13(14)18(24-17)23-15-7-8-27-16(15)19(25)26-3/h4-10,19,25H,1-3H3,(H,22,23,24)/b11-4+,21-10-. The van der Waals surface area contributed by atoms with Gasteiger partial charge in [-0.15, -0.1) is 11.3 Å². The maximum absolute atomic E-state index is 10.1. The molecule has 1 atom stereocenters. The molecule has 0 fully saturated rings. The number of aromatic nitrogens is 2. The van der Waals surface area contributed by atoms with Gasteiger partial charge < -0.3 is 15.2 Å². The number of methoxy groups -OCH3 is 1. The summed E-state index contributed by atoms with van der Waals surface area (Å²) in [6.45, 7) is 1.91. The Morgan fingerprint density at radius 3 is 2.89 bits per heavy atom. The number of benzene rings is 1. The Bertz CT molecular complexity index is 1020. The molecule has 1 aromatic carbocycles. The average Bonchev–Trinajstić information content (AvgIpc) is 3.13. The van der Waals surface area contributed by atoms with E-state index >= 15 is 0 Å². The van der Waals surface area contributed by atoms with Crippen LogP contribution in [0.4, 0.5) is 11.5 Å². The lowest BCUT2D eigenvalue weighted by Gasteiger charge is -2.14. The molecule has 0 aliphatic rings. The van der Waals surface area contributed by atoms with E-state index in [-0.39, 0.29) is 0 Å². The lowest BCUT2D eigenvalue weighted by Crippen LogP contribution is -2.05. The number of ether oxygens (including phenoxy) is 1. The fraction of sp³-hybridized carbons (Fsp3) is 0.211. The number of rotatable bonds is 6. The summed E-state index contributed by atoms with van der Waals surface area (Å²) < 4.78 is 5.04. The first-order chi connectivity index (χ1) is 13.1. The van der Waals surface area contributed by atoms with Crippen molar-refractivity contribution in [1.82, 2.24) is 9.97 Å². The first kappa shape index (κ1) is 19.4. The minimum atomic E-state index is -1.01. The Morgan fingerprint density at radius 1 is 1.37 bits per heavy atom. The molecule has 8 heteroatoms. The van der Waals surface area contributed by atoms with Crippen molar-refractivity contribution < 1.29 is 9.84 Å². The van der Waals surface area contributed by atoms with E-state index in [2.05, 4.69) is 20.3 Å². The van der Waals surface area contributed by atoms with Crippen LogP contribution in [0.15, 0.2) is 40.7 Å². The van der Waals surface area contributed by atoms with Crippen molar-refractivity contribution in [3.05, 3.63) is 51.4 Å². The van der Waals surface area contributed by atoms with Gasteiger partial charge in [-0.1, -0.05) is 17.7 Å². The van der Waals surface area contributed by atoms with E-state index in [0.717, 1.165) is 16.5 Å². The van der Waals surface area contributed by atoms with Crippen LogP contribution in [0.1, 0.15) is 23.9 Å². The van der Waals surface area contributed by atoms with Crippen LogP contribution in [0.2, 0.25) is 5.02 Å². The van der Waals surface area contributed by atoms with Gasteiger partial charge in [-0.25, -0.2) is 9.97 Å². The number of aliphatic hydroxyl groups is 1. The van der Waals surface area contributed by atoms with Crippen molar-refractivity contribution in [1.29, 1.82) is 0 Å². The number of thiophene rings is 1. The highest BCUT2D eigenvalue weighted by Gasteiger charge is 2.16. The number of nitrogens with one attached hydrogen (secondary N) is 1. The van der Waals surface area contributed by atoms with Crippen molar-refractivity contribution >= 4 is 57.1 Å². The summed E-state index contributed by atoms with van der Waals surface area (Å²) in [5.74, 6) is 1.13. The van der Waals surface area contributed by atoms with Gasteiger partial charge in [0.2, 0.25) is 0 Å². The zero-order valence-electron chi connectivity index (χ0n) is 15.1. The molecule has 27 heavy (non-hydrogen) atoms. The van der Waals surface area contributed by atoms with Crippen LogP contribution in [0.3, 0.4) is 0 Å². The molecule has 3 rings (SSSR count). The third-order valence-electron chi connectivity index (χ3n) is 3.89. The van der Waals surface area contributed by atoms with Crippen LogP contribution in [0.25, 0.3) is 16.5 Å². The topological polar surface area (TPSA) is 79.6 Å². The minimum Gasteiger partial charge on any atom is -0.364 e. The maximum Gasteiger partial charge on any atom is 0.192 e. The van der Waals surface area contributed by atoms with Crippen LogP contribution in [-0.2, 0) is 4.74 Å². The summed E-state index contributed by atoms with van der Waals surface area (Å²) >= 11 is 7.58. The zero-order valence-corrected chi connectivity index (χ0v) is 16.7. The van der Waals surface area contributed by atoms with E-state index in [1.54, 1.807) is 19.3 Å². The van der Waals surface area contributed by atoms with Gasteiger partial charge in [-0.2, -0.15) is 0 Å². The van der Waals surface area contributed by atoms with Gasteiger partial charge in [0, 0.05) is 36.4 Å². The summed E-state index contributed by atoms with van der Waals surface area (Å²) in [5.41, 5.74) is 2.27. The highest BCUT2D eigenvalue weighted by molar-refractivity contribution is 7.10. The number of nitrogens with zero attached hydrogens (tertiary/aromatic N) is 3. The molecule has 2 heterocycles. The van der Waals surface area contributed by atoms with Crippen LogP contribution in [-0.4, -0.2) is 35.4 Å². The van der Waals surface area contributed by atoms with Gasteiger partial charge in [0.05, 0.1) is 16.1 Å². The number of allylic oxidation sites excluding steroid dienone is 2. The Balaban J connectivity index is 2.15. The molecule has 0 saturated carbocycles. The van der Waals surface area contributed by atoms with E-state index in [4.69, 9.17) is 16.3 Å². The molecule has 3 aromatic rings. The molecule has 0 aliphatic carbocycles. The van der Waals surface area contributed by atoms with E-state index in [1.807, 2.05) is 36.6 Å². The molecule has 2 N–H and O–H groups in total. The van der Waals surface area contributed by atoms with Crippen molar-refractivity contribution in [2.75, 3.05) is 19.5 Å². The van der Waals surface area contributed by atoms with E-state index in [0.29, 0.717) is 27.2 Å². The van der Waals surface area contributed by atoms with Gasteiger partial charge in [-0.05, 0) is 36.6 Å². The second-order valence-corrected chi connectivity index (χ2v) is 6.98. The quantitative estimate of drug-likeness (QED) is 0.456. The van der Waals surface area contributed by atoms with Gasteiger partial charge >= 0.3 is 0 Å². The van der Waals surface area contributed by atoms with Gasteiger partial charge in [0.15, 0.2) is 12.1 Å². The van der Waals surface area contributed by atoms with E-state index in [9.17, 15) is 5.11 Å². The second kappa shape index (κ2) is 8.58. The third kappa shape index (κ3) is 4.17. The van der Waals surface area contributed by atoms with Crippen molar-refractivity contribution in [3.63, 3.8) is 0 Å². The lowest BCUT2D eigenvalue weighted by molar-refractivity contribution is -0.0738. The molecule has 140 valence electrons. The van der Waals surface area contributed by atoms with E-state index < -0.39 is 6.29 Å². The molecule has 0 amide bonds. The molecular formula is C19H19ClN4O2S. The normalized spacial score (nSPS) is 13.4. The highest BCUT2D eigenvalue weighted by Crippen LogP contribution is 2.34. The monoisotopic (exact) mass is 402 g/mol. The number of anilines is 2. The summed E-state index contributed by atoms with van der Waals surface area (Å²) in [4.78, 5) is 14.0.